The second-order valence-electron chi connectivity index (χ2n) is 6.10. The van der Waals surface area contributed by atoms with Crippen molar-refractivity contribution in [3.8, 4) is 0 Å². The summed E-state index contributed by atoms with van der Waals surface area (Å²) < 4.78 is 12.9. The van der Waals surface area contributed by atoms with Gasteiger partial charge in [-0.25, -0.2) is 4.39 Å². The molecular weight excluding hydrogens is 291 g/mol. The van der Waals surface area contributed by atoms with Crippen LogP contribution in [-0.4, -0.2) is 16.9 Å². The fraction of sp³-hybridized carbons (Fsp3) is 0.211. The van der Waals surface area contributed by atoms with Crippen LogP contribution >= 0.6 is 0 Å². The second kappa shape index (κ2) is 5.54. The third kappa shape index (κ3) is 2.72. The van der Waals surface area contributed by atoms with E-state index in [0.717, 1.165) is 23.9 Å². The average molecular weight is 308 g/mol. The molecule has 1 amide bonds. The lowest BCUT2D eigenvalue weighted by Crippen LogP contribution is -2.36. The number of fused-ring (bicyclic) bond motifs is 3. The first-order valence-corrected chi connectivity index (χ1v) is 7.81. The molecule has 0 saturated carbocycles. The van der Waals surface area contributed by atoms with Gasteiger partial charge >= 0.3 is 0 Å². The van der Waals surface area contributed by atoms with Gasteiger partial charge in [-0.3, -0.25) is 4.79 Å². The quantitative estimate of drug-likeness (QED) is 0.767. The lowest BCUT2D eigenvalue weighted by atomic mass is 10.1. The number of hydrogen-bond acceptors (Lipinski definition) is 1. The fourth-order valence-electron chi connectivity index (χ4n) is 3.40. The highest BCUT2D eigenvalue weighted by atomic mass is 19.1. The monoisotopic (exact) mass is 308 g/mol. The van der Waals surface area contributed by atoms with Crippen molar-refractivity contribution in [2.45, 2.75) is 25.3 Å². The third-order valence-electron chi connectivity index (χ3n) is 4.45. The Morgan fingerprint density at radius 1 is 1.13 bits per heavy atom. The van der Waals surface area contributed by atoms with E-state index in [1.807, 2.05) is 12.1 Å². The highest BCUT2D eigenvalue weighted by molar-refractivity contribution is 5.86. The first kappa shape index (κ1) is 14.0. The zero-order chi connectivity index (χ0) is 15.8. The summed E-state index contributed by atoms with van der Waals surface area (Å²) in [6.07, 6.45) is 1.97. The lowest BCUT2D eigenvalue weighted by Gasteiger charge is -2.12. The second-order valence-corrected chi connectivity index (χ2v) is 6.10. The highest BCUT2D eigenvalue weighted by Crippen LogP contribution is 2.29. The van der Waals surface area contributed by atoms with Crippen LogP contribution in [0.3, 0.4) is 0 Å². The third-order valence-corrected chi connectivity index (χ3v) is 4.45. The number of amides is 1. The van der Waals surface area contributed by atoms with Gasteiger partial charge in [0.05, 0.1) is 6.42 Å². The van der Waals surface area contributed by atoms with E-state index in [-0.39, 0.29) is 24.2 Å². The van der Waals surface area contributed by atoms with E-state index < -0.39 is 0 Å². The zero-order valence-corrected chi connectivity index (χ0v) is 12.6. The Morgan fingerprint density at radius 2 is 1.91 bits per heavy atom. The topological polar surface area (TPSA) is 44.9 Å². The summed E-state index contributed by atoms with van der Waals surface area (Å²) in [4.78, 5) is 15.6. The van der Waals surface area contributed by atoms with Crippen LogP contribution in [0.2, 0.25) is 0 Å². The maximum atomic E-state index is 12.9. The van der Waals surface area contributed by atoms with Crippen LogP contribution in [0.25, 0.3) is 10.9 Å². The fourth-order valence-corrected chi connectivity index (χ4v) is 3.40. The Bertz CT molecular complexity index is 867. The van der Waals surface area contributed by atoms with E-state index in [1.165, 1.54) is 28.8 Å². The zero-order valence-electron chi connectivity index (χ0n) is 12.6. The predicted octanol–water partition coefficient (Wildman–Crippen LogP) is 3.13. The molecule has 3 nitrogen and oxygen atoms in total. The Labute approximate surface area is 133 Å². The maximum Gasteiger partial charge on any atom is 0.224 e. The molecule has 2 N–H and O–H groups in total. The van der Waals surface area contributed by atoms with Crippen LogP contribution in [0.5, 0.6) is 0 Å². The number of nitrogens with one attached hydrogen (secondary N) is 2. The first-order chi connectivity index (χ1) is 11.2. The molecule has 0 bridgehead atoms. The Balaban J connectivity index is 1.42. The summed E-state index contributed by atoms with van der Waals surface area (Å²) in [5.41, 5.74) is 4.52. The van der Waals surface area contributed by atoms with E-state index in [2.05, 4.69) is 22.4 Å². The van der Waals surface area contributed by atoms with Crippen LogP contribution in [0.4, 0.5) is 4.39 Å². The minimum absolute atomic E-state index is 0.0175. The van der Waals surface area contributed by atoms with E-state index >= 15 is 0 Å². The number of H-pyrrole nitrogens is 1. The molecule has 2 aromatic carbocycles. The van der Waals surface area contributed by atoms with Crippen molar-refractivity contribution < 1.29 is 9.18 Å². The molecule has 1 aliphatic rings. The van der Waals surface area contributed by atoms with Crippen LogP contribution in [0.15, 0.2) is 48.5 Å². The van der Waals surface area contributed by atoms with Crippen molar-refractivity contribution >= 4 is 16.8 Å². The molecule has 1 atom stereocenters. The van der Waals surface area contributed by atoms with Crippen LogP contribution < -0.4 is 5.32 Å². The molecule has 0 spiro atoms. The van der Waals surface area contributed by atoms with E-state index in [0.29, 0.717) is 0 Å². The van der Waals surface area contributed by atoms with Crippen molar-refractivity contribution in [2.75, 3.05) is 0 Å². The number of aromatic nitrogens is 1. The minimum atomic E-state index is -0.282. The molecule has 3 aromatic rings. The number of hydrogen-bond donors (Lipinski definition) is 2. The van der Waals surface area contributed by atoms with Crippen LogP contribution in [-0.2, 0) is 24.1 Å². The molecule has 0 saturated heterocycles. The molecule has 0 radical (unpaired) electrons. The smallest absolute Gasteiger partial charge is 0.224 e. The van der Waals surface area contributed by atoms with Crippen molar-refractivity contribution in [1.82, 2.24) is 10.3 Å². The minimum Gasteiger partial charge on any atom is -0.358 e. The molecule has 4 heteroatoms. The van der Waals surface area contributed by atoms with Crippen LogP contribution in [0.1, 0.15) is 16.8 Å². The Kier molecular flexibility index (Phi) is 3.37. The van der Waals surface area contributed by atoms with Crippen molar-refractivity contribution in [3.05, 3.63) is 71.2 Å². The van der Waals surface area contributed by atoms with Gasteiger partial charge in [0.15, 0.2) is 0 Å². The molecule has 0 fully saturated rings. The summed E-state index contributed by atoms with van der Waals surface area (Å²) in [5.74, 6) is -0.300. The summed E-state index contributed by atoms with van der Waals surface area (Å²) in [7, 11) is 0. The summed E-state index contributed by atoms with van der Waals surface area (Å²) in [6.45, 7) is 0. The molecule has 1 aromatic heterocycles. The summed E-state index contributed by atoms with van der Waals surface area (Å²) >= 11 is 0. The predicted molar refractivity (Wildman–Crippen MR) is 87.7 cm³/mol. The number of halogens is 1. The van der Waals surface area contributed by atoms with Gasteiger partial charge in [0.25, 0.3) is 0 Å². The van der Waals surface area contributed by atoms with Crippen molar-refractivity contribution in [3.63, 3.8) is 0 Å². The molecule has 1 aliphatic carbocycles. The molecule has 1 heterocycles. The molecule has 116 valence electrons. The van der Waals surface area contributed by atoms with E-state index in [1.54, 1.807) is 12.1 Å². The van der Waals surface area contributed by atoms with Gasteiger partial charge in [0.2, 0.25) is 5.91 Å². The van der Waals surface area contributed by atoms with Crippen LogP contribution in [0, 0.1) is 5.82 Å². The van der Waals surface area contributed by atoms with Crippen molar-refractivity contribution in [1.29, 1.82) is 0 Å². The van der Waals surface area contributed by atoms with E-state index in [4.69, 9.17) is 0 Å². The van der Waals surface area contributed by atoms with Gasteiger partial charge in [-0.1, -0.05) is 30.3 Å². The Hall–Kier alpha value is -2.62. The van der Waals surface area contributed by atoms with Gasteiger partial charge < -0.3 is 10.3 Å². The summed E-state index contributed by atoms with van der Waals surface area (Å²) in [6, 6.07) is 14.5. The van der Waals surface area contributed by atoms with Gasteiger partial charge in [-0.2, -0.15) is 0 Å². The van der Waals surface area contributed by atoms with E-state index in [9.17, 15) is 9.18 Å². The largest absolute Gasteiger partial charge is 0.358 e. The number of carbonyl (C=O) groups is 1. The highest BCUT2D eigenvalue weighted by Gasteiger charge is 2.26. The molecule has 0 aliphatic heterocycles. The van der Waals surface area contributed by atoms with Gasteiger partial charge in [-0.05, 0) is 35.7 Å². The van der Waals surface area contributed by atoms with Crippen molar-refractivity contribution in [2.24, 2.45) is 0 Å². The summed E-state index contributed by atoms with van der Waals surface area (Å²) in [5, 5.41) is 4.33. The molecule has 4 rings (SSSR count). The van der Waals surface area contributed by atoms with Gasteiger partial charge in [-0.15, -0.1) is 0 Å². The Morgan fingerprint density at radius 3 is 2.74 bits per heavy atom. The maximum absolute atomic E-state index is 12.9. The number of carbonyl (C=O) groups excluding carboxylic acids is 1. The number of para-hydroxylation sites is 1. The standard InChI is InChI=1S/C19H17FN2O/c20-13-7-5-12(6-8-13)9-19(23)21-14-10-16-15-3-1-2-4-17(15)22-18(16)11-14/h1-8,14,22H,9-11H2,(H,21,23). The normalized spacial score (nSPS) is 16.5. The number of benzene rings is 2. The molecule has 23 heavy (non-hydrogen) atoms. The average Bonchev–Trinajstić information content (AvgIpc) is 3.06. The first-order valence-electron chi connectivity index (χ1n) is 7.81. The van der Waals surface area contributed by atoms with Gasteiger partial charge in [0.1, 0.15) is 5.82 Å². The SMILES string of the molecule is O=C(Cc1ccc(F)cc1)NC1Cc2[nH]c3ccccc3c2C1. The number of aromatic amines is 1. The lowest BCUT2D eigenvalue weighted by molar-refractivity contribution is -0.121. The molecule has 1 unspecified atom stereocenters. The number of rotatable bonds is 3. The van der Waals surface area contributed by atoms with Gasteiger partial charge in [0, 0.05) is 29.1 Å². The molecular formula is C19H17FN2O.